The van der Waals surface area contributed by atoms with E-state index in [1.54, 1.807) is 56.6 Å². The van der Waals surface area contributed by atoms with Crippen molar-refractivity contribution in [3.8, 4) is 0 Å². The molecule has 17 heavy (non-hydrogen) atoms. The second kappa shape index (κ2) is 6.76. The van der Waals surface area contributed by atoms with Gasteiger partial charge in [0.05, 0.1) is 0 Å². The first-order valence-electron chi connectivity index (χ1n) is 5.58. The van der Waals surface area contributed by atoms with Gasteiger partial charge in [-0.25, -0.2) is 0 Å². The van der Waals surface area contributed by atoms with Gasteiger partial charge in [-0.1, -0.05) is 43.3 Å². The summed E-state index contributed by atoms with van der Waals surface area (Å²) in [6, 6.07) is 8.80. The number of ketones is 1. The van der Waals surface area contributed by atoms with Crippen LogP contribution in [0.1, 0.15) is 24.2 Å². The van der Waals surface area contributed by atoms with Gasteiger partial charge in [0.2, 0.25) is 0 Å². The lowest BCUT2D eigenvalue weighted by Crippen LogP contribution is -2.26. The van der Waals surface area contributed by atoms with Gasteiger partial charge >= 0.3 is 0 Å². The molecule has 0 aliphatic heterocycles. The van der Waals surface area contributed by atoms with E-state index in [4.69, 9.17) is 0 Å². The molecule has 0 bridgehead atoms. The van der Waals surface area contributed by atoms with Crippen molar-refractivity contribution in [1.29, 1.82) is 0 Å². The first-order chi connectivity index (χ1) is 8.16. The van der Waals surface area contributed by atoms with Crippen molar-refractivity contribution >= 4 is 12.0 Å². The van der Waals surface area contributed by atoms with Gasteiger partial charge in [0.1, 0.15) is 6.10 Å². The maximum Gasteiger partial charge on any atom is 0.191 e. The standard InChI is InChI=1S/C14H17NO2/c1-3-15-10-9-11(2)13(16)14(17)12-7-5-4-6-8-12/h3-11,13,16H,1-2H3/b10-9-,15-3-. The Morgan fingerprint density at radius 2 is 2.00 bits per heavy atom. The molecule has 1 N–H and O–H groups in total. The molecule has 90 valence electrons. The Kier molecular flexibility index (Phi) is 5.30. The Morgan fingerprint density at radius 3 is 2.59 bits per heavy atom. The molecule has 3 heteroatoms. The summed E-state index contributed by atoms with van der Waals surface area (Å²) in [7, 11) is 0. The molecule has 1 aromatic rings. The Hall–Kier alpha value is -1.74. The Morgan fingerprint density at radius 1 is 1.35 bits per heavy atom. The summed E-state index contributed by atoms with van der Waals surface area (Å²) in [4.78, 5) is 15.8. The number of aliphatic hydroxyl groups excluding tert-OH is 1. The summed E-state index contributed by atoms with van der Waals surface area (Å²) in [5.74, 6) is -0.519. The highest BCUT2D eigenvalue weighted by molar-refractivity contribution is 5.99. The van der Waals surface area contributed by atoms with Crippen LogP contribution in [0.2, 0.25) is 0 Å². The van der Waals surface area contributed by atoms with Gasteiger partial charge in [0, 0.05) is 23.9 Å². The fourth-order valence-electron chi connectivity index (χ4n) is 1.39. The molecule has 0 saturated heterocycles. The third-order valence-corrected chi connectivity index (χ3v) is 2.45. The lowest BCUT2D eigenvalue weighted by molar-refractivity contribution is 0.0676. The van der Waals surface area contributed by atoms with E-state index >= 15 is 0 Å². The number of hydrogen-bond acceptors (Lipinski definition) is 3. The molecule has 0 aliphatic rings. The number of rotatable bonds is 5. The van der Waals surface area contributed by atoms with Crippen molar-refractivity contribution < 1.29 is 9.90 Å². The molecule has 0 spiro atoms. The van der Waals surface area contributed by atoms with Gasteiger partial charge in [0.15, 0.2) is 5.78 Å². The zero-order valence-corrected chi connectivity index (χ0v) is 10.1. The van der Waals surface area contributed by atoms with Crippen LogP contribution >= 0.6 is 0 Å². The smallest absolute Gasteiger partial charge is 0.191 e. The predicted octanol–water partition coefficient (Wildman–Crippen LogP) is 2.47. The van der Waals surface area contributed by atoms with Crippen molar-refractivity contribution in [1.82, 2.24) is 0 Å². The van der Waals surface area contributed by atoms with E-state index in [0.717, 1.165) is 0 Å². The maximum absolute atomic E-state index is 11.9. The quantitative estimate of drug-likeness (QED) is 0.625. The van der Waals surface area contributed by atoms with Crippen LogP contribution in [0.15, 0.2) is 47.6 Å². The molecule has 2 atom stereocenters. The number of carbonyl (C=O) groups is 1. The summed E-state index contributed by atoms with van der Waals surface area (Å²) in [5.41, 5.74) is 0.527. The molecule has 0 aliphatic carbocycles. The van der Waals surface area contributed by atoms with Crippen molar-refractivity contribution in [2.75, 3.05) is 0 Å². The molecule has 1 aromatic carbocycles. The van der Waals surface area contributed by atoms with Crippen LogP contribution in [0.4, 0.5) is 0 Å². The minimum Gasteiger partial charge on any atom is -0.384 e. The molecule has 3 nitrogen and oxygen atoms in total. The van der Waals surface area contributed by atoms with Gasteiger partial charge in [-0.3, -0.25) is 9.79 Å². The SMILES string of the molecule is C/C=N\C=C/C(C)C(O)C(=O)c1ccccc1. The monoisotopic (exact) mass is 231 g/mol. The Labute approximate surface area is 102 Å². The molecule has 0 fully saturated rings. The average molecular weight is 231 g/mol. The molecular weight excluding hydrogens is 214 g/mol. The third kappa shape index (κ3) is 3.96. The largest absolute Gasteiger partial charge is 0.384 e. The van der Waals surface area contributed by atoms with Crippen molar-refractivity contribution in [2.24, 2.45) is 10.9 Å². The fraction of sp³-hybridized carbons (Fsp3) is 0.286. The molecule has 0 heterocycles. The van der Waals surface area contributed by atoms with Crippen LogP contribution in [0, 0.1) is 5.92 Å². The Balaban J connectivity index is 2.70. The number of benzene rings is 1. The van der Waals surface area contributed by atoms with Crippen LogP contribution in [-0.4, -0.2) is 23.2 Å². The highest BCUT2D eigenvalue weighted by atomic mass is 16.3. The molecule has 0 amide bonds. The van der Waals surface area contributed by atoms with Crippen LogP contribution in [0.25, 0.3) is 0 Å². The normalized spacial score (nSPS) is 15.2. The average Bonchev–Trinajstić information content (AvgIpc) is 2.38. The van der Waals surface area contributed by atoms with E-state index in [1.165, 1.54) is 0 Å². The second-order valence-electron chi connectivity index (χ2n) is 3.78. The highest BCUT2D eigenvalue weighted by Crippen LogP contribution is 2.12. The minimum atomic E-state index is -1.03. The highest BCUT2D eigenvalue weighted by Gasteiger charge is 2.21. The minimum absolute atomic E-state index is 0.258. The van der Waals surface area contributed by atoms with E-state index in [1.807, 2.05) is 6.07 Å². The van der Waals surface area contributed by atoms with E-state index in [9.17, 15) is 9.90 Å². The third-order valence-electron chi connectivity index (χ3n) is 2.45. The molecule has 0 saturated carbocycles. The molecule has 0 radical (unpaired) electrons. The lowest BCUT2D eigenvalue weighted by atomic mass is 9.96. The van der Waals surface area contributed by atoms with E-state index in [-0.39, 0.29) is 11.7 Å². The first kappa shape index (κ1) is 13.3. The van der Waals surface area contributed by atoms with E-state index in [0.29, 0.717) is 5.56 Å². The van der Waals surface area contributed by atoms with Crippen LogP contribution in [0.5, 0.6) is 0 Å². The number of Topliss-reactive ketones (excluding diaryl/α,β-unsaturated/α-hetero) is 1. The number of aliphatic imine (C=N–C) groups is 1. The summed E-state index contributed by atoms with van der Waals surface area (Å²) in [6.45, 7) is 3.59. The molecule has 2 unspecified atom stereocenters. The molecular formula is C14H17NO2. The zero-order chi connectivity index (χ0) is 12.7. The maximum atomic E-state index is 11.9. The van der Waals surface area contributed by atoms with Crippen LogP contribution in [0.3, 0.4) is 0 Å². The van der Waals surface area contributed by atoms with Gasteiger partial charge in [-0.2, -0.15) is 0 Å². The first-order valence-corrected chi connectivity index (χ1v) is 5.58. The van der Waals surface area contributed by atoms with Crippen molar-refractivity contribution in [2.45, 2.75) is 20.0 Å². The van der Waals surface area contributed by atoms with Gasteiger partial charge in [-0.05, 0) is 6.92 Å². The van der Waals surface area contributed by atoms with Gasteiger partial charge in [0.25, 0.3) is 0 Å². The van der Waals surface area contributed by atoms with Gasteiger partial charge in [-0.15, -0.1) is 0 Å². The number of nitrogens with zero attached hydrogens (tertiary/aromatic N) is 1. The van der Waals surface area contributed by atoms with Crippen LogP contribution < -0.4 is 0 Å². The number of hydrogen-bond donors (Lipinski definition) is 1. The van der Waals surface area contributed by atoms with E-state index in [2.05, 4.69) is 4.99 Å². The van der Waals surface area contributed by atoms with E-state index < -0.39 is 6.10 Å². The number of aliphatic hydroxyl groups is 1. The predicted molar refractivity (Wildman–Crippen MR) is 69.2 cm³/mol. The summed E-state index contributed by atoms with van der Waals surface area (Å²) < 4.78 is 0. The second-order valence-corrected chi connectivity index (χ2v) is 3.78. The number of carbonyl (C=O) groups excluding carboxylic acids is 1. The summed E-state index contributed by atoms with van der Waals surface area (Å²) in [6.07, 6.45) is 3.92. The molecule has 1 rings (SSSR count). The summed E-state index contributed by atoms with van der Waals surface area (Å²) >= 11 is 0. The fourth-order valence-corrected chi connectivity index (χ4v) is 1.39. The topological polar surface area (TPSA) is 49.7 Å². The summed E-state index contributed by atoms with van der Waals surface area (Å²) in [5, 5.41) is 9.89. The van der Waals surface area contributed by atoms with Gasteiger partial charge < -0.3 is 5.11 Å². The Bertz CT molecular complexity index is 409. The zero-order valence-electron chi connectivity index (χ0n) is 10.1. The van der Waals surface area contributed by atoms with Crippen molar-refractivity contribution in [3.05, 3.63) is 48.2 Å². The molecule has 0 aromatic heterocycles. The van der Waals surface area contributed by atoms with Crippen molar-refractivity contribution in [3.63, 3.8) is 0 Å². The lowest BCUT2D eigenvalue weighted by Gasteiger charge is -2.13. The van der Waals surface area contributed by atoms with Crippen LogP contribution in [-0.2, 0) is 0 Å².